The second-order valence-corrected chi connectivity index (χ2v) is 8.95. The van der Waals surface area contributed by atoms with Gasteiger partial charge in [-0.15, -0.1) is 0 Å². The molecule has 4 nitrogen and oxygen atoms in total. The lowest BCUT2D eigenvalue weighted by Crippen LogP contribution is -2.40. The van der Waals surface area contributed by atoms with Crippen molar-refractivity contribution in [2.75, 3.05) is 26.7 Å². The zero-order chi connectivity index (χ0) is 21.3. The topological polar surface area (TPSA) is 45.6 Å². The number of hydrogen-bond donors (Lipinski definition) is 1. The van der Waals surface area contributed by atoms with E-state index in [-0.39, 0.29) is 0 Å². The fourth-order valence-corrected chi connectivity index (χ4v) is 5.06. The van der Waals surface area contributed by atoms with Gasteiger partial charge in [0.05, 0.1) is 18.7 Å². The van der Waals surface area contributed by atoms with Crippen LogP contribution in [0.3, 0.4) is 0 Å². The van der Waals surface area contributed by atoms with E-state index in [1.54, 1.807) is 13.3 Å². The maximum Gasteiger partial charge on any atom is 0.119 e. The van der Waals surface area contributed by atoms with Crippen LogP contribution >= 0.6 is 0 Å². The van der Waals surface area contributed by atoms with Crippen LogP contribution in [0.15, 0.2) is 30.5 Å². The maximum atomic E-state index is 11.0. The number of aliphatic hydroxyl groups excluding tert-OH is 1. The first-order chi connectivity index (χ1) is 14.7. The fourth-order valence-electron chi connectivity index (χ4n) is 5.06. The van der Waals surface area contributed by atoms with Crippen molar-refractivity contribution in [2.45, 2.75) is 71.3 Å². The van der Waals surface area contributed by atoms with Crippen LogP contribution < -0.4 is 4.74 Å². The van der Waals surface area contributed by atoms with Crippen LogP contribution in [0.2, 0.25) is 0 Å². The molecule has 2 aromatic rings. The standard InChI is InChI=1S/C26H40N2O2/c1-4-6-7-8-16-28-17-14-21(20(5-2)19-28)9-12-26(29)23-13-15-27-25-11-10-22(30-3)18-24(23)25/h10-11,13,15,18,20-21,26,29H,4-9,12,14,16-17,19H2,1-3H3. The number of rotatable bonds is 11. The van der Waals surface area contributed by atoms with Gasteiger partial charge in [0, 0.05) is 18.1 Å². The first kappa shape index (κ1) is 23.0. The minimum Gasteiger partial charge on any atom is -0.497 e. The smallest absolute Gasteiger partial charge is 0.119 e. The van der Waals surface area contributed by atoms with Crippen molar-refractivity contribution in [2.24, 2.45) is 11.8 Å². The van der Waals surface area contributed by atoms with Gasteiger partial charge in [0.2, 0.25) is 0 Å². The lowest BCUT2D eigenvalue weighted by molar-refractivity contribution is 0.0903. The lowest BCUT2D eigenvalue weighted by Gasteiger charge is -2.39. The Morgan fingerprint density at radius 3 is 2.80 bits per heavy atom. The number of benzene rings is 1. The van der Waals surface area contributed by atoms with Crippen molar-refractivity contribution < 1.29 is 9.84 Å². The van der Waals surface area contributed by atoms with E-state index >= 15 is 0 Å². The minimum atomic E-state index is -0.452. The number of pyridine rings is 1. The number of hydrogen-bond acceptors (Lipinski definition) is 4. The van der Waals surface area contributed by atoms with Crippen LogP contribution in [0.1, 0.15) is 76.9 Å². The van der Waals surface area contributed by atoms with Gasteiger partial charge in [-0.2, -0.15) is 0 Å². The van der Waals surface area contributed by atoms with Crippen molar-refractivity contribution in [3.8, 4) is 5.75 Å². The molecule has 3 rings (SSSR count). The Balaban J connectivity index is 1.57. The molecule has 4 heteroatoms. The van der Waals surface area contributed by atoms with Crippen molar-refractivity contribution in [3.05, 3.63) is 36.0 Å². The van der Waals surface area contributed by atoms with Crippen LogP contribution in [0, 0.1) is 11.8 Å². The Bertz CT molecular complexity index is 779. The van der Waals surface area contributed by atoms with E-state index in [9.17, 15) is 5.11 Å². The van der Waals surface area contributed by atoms with E-state index in [0.717, 1.165) is 46.9 Å². The van der Waals surface area contributed by atoms with Gasteiger partial charge < -0.3 is 14.7 Å². The van der Waals surface area contributed by atoms with Gasteiger partial charge in [-0.05, 0) is 80.4 Å². The number of piperidine rings is 1. The second kappa shape index (κ2) is 11.7. The summed E-state index contributed by atoms with van der Waals surface area (Å²) in [6, 6.07) is 7.84. The quantitative estimate of drug-likeness (QED) is 0.461. The van der Waals surface area contributed by atoms with Crippen molar-refractivity contribution in [1.82, 2.24) is 9.88 Å². The monoisotopic (exact) mass is 412 g/mol. The highest BCUT2D eigenvalue weighted by atomic mass is 16.5. The molecule has 1 N–H and O–H groups in total. The average molecular weight is 413 g/mol. The number of methoxy groups -OCH3 is 1. The van der Waals surface area contributed by atoms with Crippen LogP contribution in [0.4, 0.5) is 0 Å². The predicted molar refractivity (Wildman–Crippen MR) is 125 cm³/mol. The van der Waals surface area contributed by atoms with Gasteiger partial charge >= 0.3 is 0 Å². The molecule has 0 radical (unpaired) electrons. The SMILES string of the molecule is CCCCCCN1CCC(CCC(O)c2ccnc3ccc(OC)cc23)C(CC)C1. The molecule has 0 amide bonds. The normalized spacial score (nSPS) is 21.1. The summed E-state index contributed by atoms with van der Waals surface area (Å²) in [6.07, 6.45) is 11.1. The molecule has 2 heterocycles. The van der Waals surface area contributed by atoms with E-state index in [4.69, 9.17) is 4.74 Å². The molecule has 1 aliphatic rings. The Morgan fingerprint density at radius 2 is 2.03 bits per heavy atom. The second-order valence-electron chi connectivity index (χ2n) is 8.95. The summed E-state index contributed by atoms with van der Waals surface area (Å²) in [5, 5.41) is 12.0. The molecule has 166 valence electrons. The highest BCUT2D eigenvalue weighted by molar-refractivity contribution is 5.83. The van der Waals surface area contributed by atoms with Gasteiger partial charge in [0.25, 0.3) is 0 Å². The molecular weight excluding hydrogens is 372 g/mol. The predicted octanol–water partition coefficient (Wildman–Crippen LogP) is 5.99. The molecule has 3 unspecified atom stereocenters. The number of likely N-dealkylation sites (tertiary alicyclic amines) is 1. The fraction of sp³-hybridized carbons (Fsp3) is 0.654. The van der Waals surface area contributed by atoms with Crippen LogP contribution in [-0.2, 0) is 0 Å². The van der Waals surface area contributed by atoms with Gasteiger partial charge in [-0.1, -0.05) is 39.5 Å². The number of fused-ring (bicyclic) bond motifs is 1. The molecule has 0 saturated carbocycles. The molecule has 1 aliphatic heterocycles. The Kier molecular flexibility index (Phi) is 8.95. The maximum absolute atomic E-state index is 11.0. The first-order valence-corrected chi connectivity index (χ1v) is 12.0. The summed E-state index contributed by atoms with van der Waals surface area (Å²) in [5.41, 5.74) is 1.88. The molecule has 30 heavy (non-hydrogen) atoms. The molecule has 1 aromatic carbocycles. The number of aliphatic hydroxyl groups is 1. The van der Waals surface area contributed by atoms with Gasteiger partial charge in [0.15, 0.2) is 0 Å². The summed E-state index contributed by atoms with van der Waals surface area (Å²) >= 11 is 0. The van der Waals surface area contributed by atoms with Crippen LogP contribution in [0.5, 0.6) is 5.75 Å². The third-order valence-electron chi connectivity index (χ3n) is 6.98. The van der Waals surface area contributed by atoms with Crippen LogP contribution in [-0.4, -0.2) is 41.7 Å². The van der Waals surface area contributed by atoms with E-state index < -0.39 is 6.10 Å². The number of aromatic nitrogens is 1. The van der Waals surface area contributed by atoms with Crippen molar-refractivity contribution in [3.63, 3.8) is 0 Å². The van der Waals surface area contributed by atoms with E-state index in [0.29, 0.717) is 0 Å². The molecule has 0 bridgehead atoms. The molecule has 0 aliphatic carbocycles. The van der Waals surface area contributed by atoms with E-state index in [1.165, 1.54) is 58.2 Å². The largest absolute Gasteiger partial charge is 0.497 e. The number of unbranched alkanes of at least 4 members (excludes halogenated alkanes) is 3. The zero-order valence-electron chi connectivity index (χ0n) is 19.1. The minimum absolute atomic E-state index is 0.452. The summed E-state index contributed by atoms with van der Waals surface area (Å²) in [6.45, 7) is 8.32. The molecule has 1 aromatic heterocycles. The highest BCUT2D eigenvalue weighted by Crippen LogP contribution is 2.34. The average Bonchev–Trinajstić information content (AvgIpc) is 2.79. The molecular formula is C26H40N2O2. The summed E-state index contributed by atoms with van der Waals surface area (Å²) in [5.74, 6) is 2.28. The number of nitrogens with zero attached hydrogens (tertiary/aromatic N) is 2. The summed E-state index contributed by atoms with van der Waals surface area (Å²) in [7, 11) is 1.68. The molecule has 1 saturated heterocycles. The Hall–Kier alpha value is -1.65. The third-order valence-corrected chi connectivity index (χ3v) is 6.98. The van der Waals surface area contributed by atoms with E-state index in [1.807, 2.05) is 24.3 Å². The third kappa shape index (κ3) is 5.95. The van der Waals surface area contributed by atoms with Crippen molar-refractivity contribution in [1.29, 1.82) is 0 Å². The number of ether oxygens (including phenoxy) is 1. The van der Waals surface area contributed by atoms with Crippen molar-refractivity contribution >= 4 is 10.9 Å². The lowest BCUT2D eigenvalue weighted by atomic mass is 9.80. The van der Waals surface area contributed by atoms with E-state index in [2.05, 4.69) is 23.7 Å². The molecule has 1 fully saturated rings. The molecule has 0 spiro atoms. The first-order valence-electron chi connectivity index (χ1n) is 12.0. The molecule has 3 atom stereocenters. The van der Waals surface area contributed by atoms with Gasteiger partial charge in [-0.3, -0.25) is 4.98 Å². The Labute approximate surface area is 182 Å². The van der Waals surface area contributed by atoms with Gasteiger partial charge in [0.1, 0.15) is 5.75 Å². The zero-order valence-corrected chi connectivity index (χ0v) is 19.1. The Morgan fingerprint density at radius 1 is 1.17 bits per heavy atom. The van der Waals surface area contributed by atoms with Gasteiger partial charge in [-0.25, -0.2) is 0 Å². The summed E-state index contributed by atoms with van der Waals surface area (Å²) < 4.78 is 5.38. The summed E-state index contributed by atoms with van der Waals surface area (Å²) in [4.78, 5) is 7.13. The van der Waals surface area contributed by atoms with Crippen LogP contribution in [0.25, 0.3) is 10.9 Å². The highest BCUT2D eigenvalue weighted by Gasteiger charge is 2.28.